The number of piperazine rings is 1. The van der Waals surface area contributed by atoms with Gasteiger partial charge >= 0.3 is 0 Å². The molecule has 0 spiro atoms. The third-order valence-electron chi connectivity index (χ3n) is 3.28. The van der Waals surface area contributed by atoms with Gasteiger partial charge in [-0.2, -0.15) is 15.4 Å². The van der Waals surface area contributed by atoms with Gasteiger partial charge in [-0.1, -0.05) is 0 Å². The average molecular weight is 223 g/mol. The third kappa shape index (κ3) is 1.92. The van der Waals surface area contributed by atoms with Crippen molar-refractivity contribution in [3.8, 4) is 0 Å². The number of carbonyl (C=O) groups excluding carboxylic acids is 1. The highest BCUT2D eigenvalue weighted by molar-refractivity contribution is 5.92. The smallest absolute Gasteiger partial charge is 0.276 e. The summed E-state index contributed by atoms with van der Waals surface area (Å²) in [7, 11) is 2.09. The zero-order valence-corrected chi connectivity index (χ0v) is 9.84. The van der Waals surface area contributed by atoms with Crippen LogP contribution in [0.1, 0.15) is 24.3 Å². The predicted octanol–water partition coefficient (Wildman–Crippen LogP) is -0.0307. The number of likely N-dealkylation sites (N-methyl/N-ethyl adjacent to an activating group) is 1. The van der Waals surface area contributed by atoms with Gasteiger partial charge in [0.05, 0.1) is 6.20 Å². The number of amides is 1. The number of aromatic amines is 1. The van der Waals surface area contributed by atoms with Crippen LogP contribution in [0.4, 0.5) is 0 Å². The Morgan fingerprint density at radius 1 is 1.44 bits per heavy atom. The molecule has 2 rings (SSSR count). The van der Waals surface area contributed by atoms with Crippen LogP contribution in [0.5, 0.6) is 0 Å². The van der Waals surface area contributed by atoms with Gasteiger partial charge in [0.15, 0.2) is 5.69 Å². The molecule has 1 fully saturated rings. The van der Waals surface area contributed by atoms with E-state index in [1.165, 1.54) is 6.20 Å². The highest BCUT2D eigenvalue weighted by Crippen LogP contribution is 2.14. The first-order valence-corrected chi connectivity index (χ1v) is 5.46. The first-order chi connectivity index (χ1) is 7.59. The van der Waals surface area contributed by atoms with Crippen molar-refractivity contribution >= 4 is 5.91 Å². The van der Waals surface area contributed by atoms with E-state index in [4.69, 9.17) is 0 Å². The van der Waals surface area contributed by atoms with Gasteiger partial charge in [-0.3, -0.25) is 9.69 Å². The summed E-state index contributed by atoms with van der Waals surface area (Å²) < 4.78 is 0. The lowest BCUT2D eigenvalue weighted by Crippen LogP contribution is -2.56. The monoisotopic (exact) mass is 223 g/mol. The number of carbonyl (C=O) groups is 1. The zero-order chi connectivity index (χ0) is 11.7. The molecule has 1 aliphatic rings. The molecule has 16 heavy (non-hydrogen) atoms. The van der Waals surface area contributed by atoms with Crippen LogP contribution in [0.2, 0.25) is 0 Å². The Morgan fingerprint density at radius 2 is 2.06 bits per heavy atom. The molecule has 2 unspecified atom stereocenters. The van der Waals surface area contributed by atoms with Crippen LogP contribution in [0.3, 0.4) is 0 Å². The van der Waals surface area contributed by atoms with Crippen LogP contribution in [-0.2, 0) is 0 Å². The van der Waals surface area contributed by atoms with Gasteiger partial charge in [-0.15, -0.1) is 0 Å². The summed E-state index contributed by atoms with van der Waals surface area (Å²) in [6, 6.07) is 0.749. The lowest BCUT2D eigenvalue weighted by atomic mass is 10.1. The first kappa shape index (κ1) is 11.1. The number of nitrogens with zero attached hydrogens (tertiary/aromatic N) is 4. The molecule has 2 heterocycles. The lowest BCUT2D eigenvalue weighted by molar-refractivity contribution is 0.0409. The first-order valence-electron chi connectivity index (χ1n) is 5.46. The maximum Gasteiger partial charge on any atom is 0.276 e. The molecule has 88 valence electrons. The Morgan fingerprint density at radius 3 is 2.56 bits per heavy atom. The van der Waals surface area contributed by atoms with Gasteiger partial charge in [-0.25, -0.2) is 0 Å². The molecule has 2 atom stereocenters. The summed E-state index contributed by atoms with van der Waals surface area (Å²) in [4.78, 5) is 16.2. The van der Waals surface area contributed by atoms with Crippen molar-refractivity contribution in [2.75, 3.05) is 20.1 Å². The maximum absolute atomic E-state index is 12.0. The van der Waals surface area contributed by atoms with E-state index in [0.29, 0.717) is 17.8 Å². The lowest BCUT2D eigenvalue weighted by Gasteiger charge is -2.42. The summed E-state index contributed by atoms with van der Waals surface area (Å²) in [5.74, 6) is -0.0412. The number of rotatable bonds is 1. The highest BCUT2D eigenvalue weighted by Gasteiger charge is 2.30. The fraction of sp³-hybridized carbons (Fsp3) is 0.700. The number of hydrogen-bond acceptors (Lipinski definition) is 4. The molecule has 6 heteroatoms. The van der Waals surface area contributed by atoms with Crippen LogP contribution in [0.15, 0.2) is 6.20 Å². The summed E-state index contributed by atoms with van der Waals surface area (Å²) >= 11 is 0. The van der Waals surface area contributed by atoms with E-state index in [9.17, 15) is 4.79 Å². The van der Waals surface area contributed by atoms with Crippen molar-refractivity contribution in [2.45, 2.75) is 25.9 Å². The standard InChI is InChI=1S/C10H17N5O/c1-7-5-15(6-8(2)14(7)3)10(16)9-4-11-13-12-9/h4,7-8H,5-6H2,1-3H3,(H,11,12,13). The Hall–Kier alpha value is -1.43. The van der Waals surface area contributed by atoms with Gasteiger partial charge in [0.1, 0.15) is 0 Å². The van der Waals surface area contributed by atoms with Gasteiger partial charge in [0.2, 0.25) is 0 Å². The number of aromatic nitrogens is 3. The molecule has 0 radical (unpaired) electrons. The minimum atomic E-state index is -0.0412. The second-order valence-corrected chi connectivity index (χ2v) is 4.43. The van der Waals surface area contributed by atoms with E-state index in [1.54, 1.807) is 0 Å². The molecule has 1 saturated heterocycles. The van der Waals surface area contributed by atoms with E-state index in [-0.39, 0.29) is 5.91 Å². The van der Waals surface area contributed by atoms with E-state index in [2.05, 4.69) is 41.2 Å². The maximum atomic E-state index is 12.0. The van der Waals surface area contributed by atoms with Crippen LogP contribution >= 0.6 is 0 Å². The SMILES string of the molecule is CC1CN(C(=O)c2cn[nH]n2)CC(C)N1C. The largest absolute Gasteiger partial charge is 0.334 e. The minimum absolute atomic E-state index is 0.0412. The summed E-state index contributed by atoms with van der Waals surface area (Å²) in [6.07, 6.45) is 1.47. The zero-order valence-electron chi connectivity index (χ0n) is 9.84. The fourth-order valence-electron chi connectivity index (χ4n) is 2.04. The van der Waals surface area contributed by atoms with E-state index < -0.39 is 0 Å². The molecule has 0 saturated carbocycles. The van der Waals surface area contributed by atoms with E-state index in [0.717, 1.165) is 13.1 Å². The molecular formula is C10H17N5O. The molecule has 1 N–H and O–H groups in total. The summed E-state index contributed by atoms with van der Waals surface area (Å²) in [5.41, 5.74) is 0.393. The van der Waals surface area contributed by atoms with E-state index >= 15 is 0 Å². The Labute approximate surface area is 94.6 Å². The van der Waals surface area contributed by atoms with Crippen molar-refractivity contribution in [3.05, 3.63) is 11.9 Å². The third-order valence-corrected chi connectivity index (χ3v) is 3.28. The molecular weight excluding hydrogens is 206 g/mol. The molecule has 0 aliphatic carbocycles. The molecule has 6 nitrogen and oxygen atoms in total. The van der Waals surface area contributed by atoms with Gasteiger partial charge in [-0.05, 0) is 20.9 Å². The van der Waals surface area contributed by atoms with Crippen LogP contribution in [0, 0.1) is 0 Å². The number of hydrogen-bond donors (Lipinski definition) is 1. The fourth-order valence-corrected chi connectivity index (χ4v) is 2.04. The van der Waals surface area contributed by atoms with Crippen molar-refractivity contribution in [1.29, 1.82) is 0 Å². The molecule has 0 aromatic carbocycles. The number of nitrogens with one attached hydrogen (secondary N) is 1. The predicted molar refractivity (Wildman–Crippen MR) is 59.0 cm³/mol. The summed E-state index contributed by atoms with van der Waals surface area (Å²) in [6.45, 7) is 5.73. The van der Waals surface area contributed by atoms with Gasteiger partial charge < -0.3 is 4.90 Å². The minimum Gasteiger partial charge on any atom is -0.334 e. The highest BCUT2D eigenvalue weighted by atomic mass is 16.2. The average Bonchev–Trinajstić information content (AvgIpc) is 2.77. The van der Waals surface area contributed by atoms with Crippen LogP contribution in [-0.4, -0.2) is 63.3 Å². The van der Waals surface area contributed by atoms with Crippen LogP contribution < -0.4 is 0 Å². The van der Waals surface area contributed by atoms with Crippen LogP contribution in [0.25, 0.3) is 0 Å². The Balaban J connectivity index is 2.09. The second-order valence-electron chi connectivity index (χ2n) is 4.43. The van der Waals surface area contributed by atoms with Crippen molar-refractivity contribution in [2.24, 2.45) is 0 Å². The Kier molecular flexibility index (Phi) is 2.91. The molecule has 1 aliphatic heterocycles. The molecule has 0 bridgehead atoms. The quantitative estimate of drug-likeness (QED) is 0.726. The molecule has 1 aromatic heterocycles. The van der Waals surface area contributed by atoms with E-state index in [1.807, 2.05) is 4.90 Å². The summed E-state index contributed by atoms with van der Waals surface area (Å²) in [5, 5.41) is 9.94. The van der Waals surface area contributed by atoms with Crippen molar-refractivity contribution in [3.63, 3.8) is 0 Å². The Bertz CT molecular complexity index is 351. The topological polar surface area (TPSA) is 65.1 Å². The molecule has 1 aromatic rings. The van der Waals surface area contributed by atoms with Crippen molar-refractivity contribution in [1.82, 2.24) is 25.2 Å². The van der Waals surface area contributed by atoms with Gasteiger partial charge in [0.25, 0.3) is 5.91 Å². The van der Waals surface area contributed by atoms with Gasteiger partial charge in [0, 0.05) is 25.2 Å². The second kappa shape index (κ2) is 4.21. The van der Waals surface area contributed by atoms with Crippen molar-refractivity contribution < 1.29 is 4.79 Å². The normalized spacial score (nSPS) is 27.1. The molecule has 1 amide bonds. The number of H-pyrrole nitrogens is 1.